The van der Waals surface area contributed by atoms with Gasteiger partial charge in [-0.05, 0) is 71.8 Å². The fourth-order valence-corrected chi connectivity index (χ4v) is 9.61. The fourth-order valence-electron chi connectivity index (χ4n) is 9.61. The minimum absolute atomic E-state index is 0.454. The highest BCUT2D eigenvalue weighted by Crippen LogP contribution is 2.43. The van der Waals surface area contributed by atoms with Crippen molar-refractivity contribution in [1.29, 1.82) is 10.5 Å². The molecule has 6 nitrogen and oxygen atoms in total. The van der Waals surface area contributed by atoms with Crippen LogP contribution in [0.4, 0.5) is 0 Å². The molecule has 0 aliphatic carbocycles. The molecule has 12 aromatic rings. The SMILES string of the molecule is N#Cc1ccc(-c2ccc3c(c2)c2ccccc2n3-c2cc(-c3nc(-c4ccccc4)cc(-c4ccccc4)n3)ccc2-c2ccccc2-n2c3ccccc3c3ccccc32)c(C#N)c1. The first-order chi connectivity index (χ1) is 32.6. The van der Waals surface area contributed by atoms with Crippen LogP contribution in [-0.2, 0) is 0 Å². The van der Waals surface area contributed by atoms with Crippen LogP contribution in [-0.4, -0.2) is 19.1 Å². The molecule has 66 heavy (non-hydrogen) atoms. The molecule has 0 atom stereocenters. The van der Waals surface area contributed by atoms with E-state index < -0.39 is 0 Å². The highest BCUT2D eigenvalue weighted by Gasteiger charge is 2.22. The van der Waals surface area contributed by atoms with Crippen LogP contribution < -0.4 is 0 Å². The molecule has 3 heterocycles. The normalized spacial score (nSPS) is 11.3. The molecule has 12 rings (SSSR count). The van der Waals surface area contributed by atoms with Crippen LogP contribution in [0.1, 0.15) is 11.1 Å². The smallest absolute Gasteiger partial charge is 0.160 e. The van der Waals surface area contributed by atoms with Gasteiger partial charge in [0.05, 0.1) is 68.1 Å². The topological polar surface area (TPSA) is 83.2 Å². The highest BCUT2D eigenvalue weighted by molar-refractivity contribution is 6.12. The van der Waals surface area contributed by atoms with Crippen molar-refractivity contribution in [2.75, 3.05) is 0 Å². The molecule has 0 saturated carbocycles. The van der Waals surface area contributed by atoms with E-state index in [-0.39, 0.29) is 0 Å². The van der Waals surface area contributed by atoms with Crippen molar-refractivity contribution < 1.29 is 0 Å². The number of rotatable bonds is 7. The molecule has 6 heteroatoms. The van der Waals surface area contributed by atoms with Crippen molar-refractivity contribution in [2.24, 2.45) is 0 Å². The summed E-state index contributed by atoms with van der Waals surface area (Å²) in [6, 6.07) is 79.9. The van der Waals surface area contributed by atoms with E-state index in [0.29, 0.717) is 17.0 Å². The Kier molecular flexibility index (Phi) is 9.16. The molecule has 0 spiro atoms. The van der Waals surface area contributed by atoms with Crippen molar-refractivity contribution in [2.45, 2.75) is 0 Å². The van der Waals surface area contributed by atoms with Gasteiger partial charge in [0.1, 0.15) is 0 Å². The summed E-state index contributed by atoms with van der Waals surface area (Å²) < 4.78 is 4.75. The number of hydrogen-bond donors (Lipinski definition) is 0. The molecule has 0 aliphatic heterocycles. The maximum Gasteiger partial charge on any atom is 0.160 e. The lowest BCUT2D eigenvalue weighted by atomic mass is 9.97. The van der Waals surface area contributed by atoms with Crippen molar-refractivity contribution >= 4 is 43.6 Å². The van der Waals surface area contributed by atoms with E-state index in [2.05, 4.69) is 185 Å². The lowest BCUT2D eigenvalue weighted by Gasteiger charge is -2.20. The Bertz CT molecular complexity index is 3850. The van der Waals surface area contributed by atoms with Crippen LogP contribution in [0.15, 0.2) is 218 Å². The molecule has 3 aromatic heterocycles. The van der Waals surface area contributed by atoms with Gasteiger partial charge in [-0.2, -0.15) is 10.5 Å². The molecule has 0 amide bonds. The number of fused-ring (bicyclic) bond motifs is 6. The summed E-state index contributed by atoms with van der Waals surface area (Å²) >= 11 is 0. The molecule has 9 aromatic carbocycles. The van der Waals surface area contributed by atoms with Crippen LogP contribution in [0.3, 0.4) is 0 Å². The van der Waals surface area contributed by atoms with Gasteiger partial charge < -0.3 is 9.13 Å². The zero-order chi connectivity index (χ0) is 44.1. The van der Waals surface area contributed by atoms with Crippen LogP contribution in [0.2, 0.25) is 0 Å². The Morgan fingerprint density at radius 2 is 0.833 bits per heavy atom. The van der Waals surface area contributed by atoms with Gasteiger partial charge in [0.25, 0.3) is 0 Å². The molecule has 0 fully saturated rings. The van der Waals surface area contributed by atoms with Gasteiger partial charge in [-0.25, -0.2) is 9.97 Å². The Labute approximate surface area is 380 Å². The minimum atomic E-state index is 0.454. The maximum absolute atomic E-state index is 10.2. The van der Waals surface area contributed by atoms with E-state index >= 15 is 0 Å². The number of benzene rings is 9. The van der Waals surface area contributed by atoms with Crippen LogP contribution in [0, 0.1) is 22.7 Å². The first kappa shape index (κ1) is 38.3. The molecular weight excluding hydrogens is 805 g/mol. The van der Waals surface area contributed by atoms with Gasteiger partial charge in [0.2, 0.25) is 0 Å². The van der Waals surface area contributed by atoms with E-state index in [1.165, 1.54) is 10.8 Å². The van der Waals surface area contributed by atoms with Gasteiger partial charge in [-0.15, -0.1) is 0 Å². The molecule has 0 saturated heterocycles. The average molecular weight is 841 g/mol. The van der Waals surface area contributed by atoms with Crippen molar-refractivity contribution in [3.63, 3.8) is 0 Å². The molecular formula is C60H36N6. The van der Waals surface area contributed by atoms with Crippen molar-refractivity contribution in [1.82, 2.24) is 19.1 Å². The summed E-state index contributed by atoms with van der Waals surface area (Å²) in [4.78, 5) is 10.6. The largest absolute Gasteiger partial charge is 0.309 e. The minimum Gasteiger partial charge on any atom is -0.309 e. The van der Waals surface area contributed by atoms with E-state index in [1.807, 2.05) is 42.5 Å². The molecule has 0 N–H and O–H groups in total. The number of nitriles is 2. The van der Waals surface area contributed by atoms with Crippen LogP contribution in [0.5, 0.6) is 0 Å². The van der Waals surface area contributed by atoms with Crippen LogP contribution in [0.25, 0.3) is 111 Å². The predicted octanol–water partition coefficient (Wildman–Crippen LogP) is 14.7. The molecule has 0 aliphatic rings. The maximum atomic E-state index is 10.2. The van der Waals surface area contributed by atoms with E-state index in [9.17, 15) is 10.5 Å². The summed E-state index contributed by atoms with van der Waals surface area (Å²) in [5.74, 6) is 0.617. The van der Waals surface area contributed by atoms with Gasteiger partial charge in [-0.3, -0.25) is 0 Å². The summed E-state index contributed by atoms with van der Waals surface area (Å²) in [6.07, 6.45) is 0. The van der Waals surface area contributed by atoms with Gasteiger partial charge >= 0.3 is 0 Å². The van der Waals surface area contributed by atoms with Gasteiger partial charge in [-0.1, -0.05) is 158 Å². The number of nitrogens with zero attached hydrogens (tertiary/aromatic N) is 6. The second-order valence-electron chi connectivity index (χ2n) is 16.4. The third kappa shape index (κ3) is 6.33. The second-order valence-corrected chi connectivity index (χ2v) is 16.4. The Balaban J connectivity index is 1.15. The number of aromatic nitrogens is 4. The Morgan fingerprint density at radius 3 is 1.45 bits per heavy atom. The average Bonchev–Trinajstić information content (AvgIpc) is 3.91. The summed E-state index contributed by atoms with van der Waals surface area (Å²) in [5, 5.41) is 24.3. The number of para-hydroxylation sites is 4. The number of hydrogen-bond acceptors (Lipinski definition) is 4. The summed E-state index contributed by atoms with van der Waals surface area (Å²) in [5.41, 5.74) is 15.6. The highest BCUT2D eigenvalue weighted by atomic mass is 15.0. The monoisotopic (exact) mass is 840 g/mol. The first-order valence-corrected chi connectivity index (χ1v) is 21.9. The van der Waals surface area contributed by atoms with Crippen molar-refractivity contribution in [3.05, 3.63) is 230 Å². The quantitative estimate of drug-likeness (QED) is 0.160. The first-order valence-electron chi connectivity index (χ1n) is 21.9. The third-order valence-corrected chi connectivity index (χ3v) is 12.6. The Morgan fingerprint density at radius 1 is 0.333 bits per heavy atom. The van der Waals surface area contributed by atoms with Gasteiger partial charge in [0, 0.05) is 49.4 Å². The van der Waals surface area contributed by atoms with E-state index in [1.54, 1.807) is 12.1 Å². The fraction of sp³-hybridized carbons (Fsp3) is 0. The van der Waals surface area contributed by atoms with Crippen molar-refractivity contribution in [3.8, 4) is 79.7 Å². The van der Waals surface area contributed by atoms with Gasteiger partial charge in [0.15, 0.2) is 5.82 Å². The molecule has 0 radical (unpaired) electrons. The summed E-state index contributed by atoms with van der Waals surface area (Å²) in [6.45, 7) is 0. The zero-order valence-corrected chi connectivity index (χ0v) is 35.5. The molecule has 306 valence electrons. The van der Waals surface area contributed by atoms with E-state index in [0.717, 1.165) is 94.5 Å². The predicted molar refractivity (Wildman–Crippen MR) is 267 cm³/mol. The summed E-state index contributed by atoms with van der Waals surface area (Å²) in [7, 11) is 0. The van der Waals surface area contributed by atoms with E-state index in [4.69, 9.17) is 9.97 Å². The lowest BCUT2D eigenvalue weighted by molar-refractivity contribution is 1.15. The zero-order valence-electron chi connectivity index (χ0n) is 35.5. The van der Waals surface area contributed by atoms with Crippen LogP contribution >= 0.6 is 0 Å². The second kappa shape index (κ2) is 15.8. The standard InChI is InChI=1S/C60H36N6/c61-37-39-27-30-45(44(33-39)38-62)42-29-32-58-51(34-42)49-22-10-14-26-57(49)66(58)59-35-43(60-63-52(40-15-3-1-4-16-40)36-53(64-60)41-17-5-2-6-18-41)28-31-50(59)48-21-9-13-25-56(48)65-54-23-11-7-19-46(54)47-20-8-12-24-55(47)65/h1-36H. The molecule has 0 bridgehead atoms. The molecule has 0 unspecified atom stereocenters. The third-order valence-electron chi connectivity index (χ3n) is 12.6. The lowest BCUT2D eigenvalue weighted by Crippen LogP contribution is -2.03. The Hall–Kier alpha value is -9.36.